The van der Waals surface area contributed by atoms with Gasteiger partial charge in [0.25, 0.3) is 0 Å². The van der Waals surface area contributed by atoms with Gasteiger partial charge in [0.05, 0.1) is 5.41 Å². The highest BCUT2D eigenvalue weighted by atomic mass is 19.1. The molecule has 3 N–H and O–H groups in total. The van der Waals surface area contributed by atoms with Gasteiger partial charge in [-0.1, -0.05) is 12.1 Å². The van der Waals surface area contributed by atoms with Gasteiger partial charge in [0.15, 0.2) is 0 Å². The first-order valence-electron chi connectivity index (χ1n) is 5.15. The first-order valence-corrected chi connectivity index (χ1v) is 5.15. The number of hydrogen-bond donors (Lipinski definition) is 2. The van der Waals surface area contributed by atoms with E-state index in [9.17, 15) is 4.39 Å². The van der Waals surface area contributed by atoms with Crippen LogP contribution >= 0.6 is 0 Å². The van der Waals surface area contributed by atoms with Crippen molar-refractivity contribution in [1.82, 2.24) is 15.2 Å². The van der Waals surface area contributed by atoms with Crippen LogP contribution in [0.4, 0.5) is 10.3 Å². The molecule has 1 fully saturated rings. The lowest BCUT2D eigenvalue weighted by molar-refractivity contribution is 0.625. The number of H-pyrrole nitrogens is 1. The van der Waals surface area contributed by atoms with E-state index in [2.05, 4.69) is 15.2 Å². The number of hydrogen-bond acceptors (Lipinski definition) is 3. The maximum absolute atomic E-state index is 12.8. The topological polar surface area (TPSA) is 67.6 Å². The second-order valence-corrected chi connectivity index (χ2v) is 4.13. The number of nitrogens with zero attached hydrogens (tertiary/aromatic N) is 2. The molecule has 3 rings (SSSR count). The van der Waals surface area contributed by atoms with Crippen molar-refractivity contribution in [3.8, 4) is 0 Å². The summed E-state index contributed by atoms with van der Waals surface area (Å²) in [6.45, 7) is 0. The molecule has 0 aliphatic heterocycles. The van der Waals surface area contributed by atoms with Gasteiger partial charge >= 0.3 is 0 Å². The Hall–Kier alpha value is -1.91. The number of aromatic amines is 1. The SMILES string of the molecule is Nc1n[nH]c(C2(c3ccc(F)cc3)CC2)n1. The lowest BCUT2D eigenvalue weighted by Crippen LogP contribution is -2.11. The van der Waals surface area contributed by atoms with Crippen molar-refractivity contribution in [2.45, 2.75) is 18.3 Å². The summed E-state index contributed by atoms with van der Waals surface area (Å²) in [4.78, 5) is 4.16. The fourth-order valence-corrected chi connectivity index (χ4v) is 2.04. The minimum atomic E-state index is -0.225. The summed E-state index contributed by atoms with van der Waals surface area (Å²) in [6, 6.07) is 6.52. The van der Waals surface area contributed by atoms with Crippen LogP contribution in [-0.4, -0.2) is 15.2 Å². The Bertz CT molecular complexity index is 513. The summed E-state index contributed by atoms with van der Waals surface area (Å²) in [7, 11) is 0. The summed E-state index contributed by atoms with van der Waals surface area (Å²) in [5, 5.41) is 6.67. The van der Waals surface area contributed by atoms with Crippen LogP contribution in [0.25, 0.3) is 0 Å². The average Bonchev–Trinajstić information content (AvgIpc) is 2.97. The first-order chi connectivity index (χ1) is 7.71. The van der Waals surface area contributed by atoms with Crippen LogP contribution in [0.3, 0.4) is 0 Å². The lowest BCUT2D eigenvalue weighted by atomic mass is 9.95. The first kappa shape index (κ1) is 9.33. The highest BCUT2D eigenvalue weighted by molar-refractivity contribution is 5.40. The molecule has 5 heteroatoms. The van der Waals surface area contributed by atoms with Crippen LogP contribution in [0.2, 0.25) is 0 Å². The molecule has 1 aliphatic rings. The molecule has 0 bridgehead atoms. The van der Waals surface area contributed by atoms with Gasteiger partial charge in [-0.3, -0.25) is 5.10 Å². The highest BCUT2D eigenvalue weighted by Gasteiger charge is 2.48. The summed E-state index contributed by atoms with van der Waals surface area (Å²) < 4.78 is 12.8. The van der Waals surface area contributed by atoms with E-state index in [0.717, 1.165) is 24.2 Å². The molecule has 0 radical (unpaired) electrons. The zero-order valence-electron chi connectivity index (χ0n) is 8.57. The molecule has 0 atom stereocenters. The number of nitrogens with one attached hydrogen (secondary N) is 1. The van der Waals surface area contributed by atoms with Crippen molar-refractivity contribution in [1.29, 1.82) is 0 Å². The molecule has 0 saturated heterocycles. The van der Waals surface area contributed by atoms with Gasteiger partial charge in [-0.25, -0.2) is 4.39 Å². The third kappa shape index (κ3) is 1.28. The van der Waals surface area contributed by atoms with Crippen LogP contribution in [0.1, 0.15) is 24.2 Å². The van der Waals surface area contributed by atoms with Gasteiger partial charge in [-0.05, 0) is 30.5 Å². The minimum absolute atomic E-state index is 0.127. The van der Waals surface area contributed by atoms with E-state index >= 15 is 0 Å². The molecule has 0 unspecified atom stereocenters. The van der Waals surface area contributed by atoms with E-state index in [1.54, 1.807) is 12.1 Å². The number of benzene rings is 1. The smallest absolute Gasteiger partial charge is 0.239 e. The van der Waals surface area contributed by atoms with E-state index in [1.165, 1.54) is 12.1 Å². The van der Waals surface area contributed by atoms with Crippen molar-refractivity contribution in [2.75, 3.05) is 5.73 Å². The number of rotatable bonds is 2. The number of anilines is 1. The van der Waals surface area contributed by atoms with Crippen LogP contribution in [0.5, 0.6) is 0 Å². The lowest BCUT2D eigenvalue weighted by Gasteiger charge is -2.11. The normalized spacial score (nSPS) is 17.3. The van der Waals surface area contributed by atoms with Gasteiger partial charge in [0.1, 0.15) is 11.6 Å². The van der Waals surface area contributed by atoms with Gasteiger partial charge in [0, 0.05) is 0 Å². The van der Waals surface area contributed by atoms with E-state index < -0.39 is 0 Å². The predicted octanol–water partition coefficient (Wildman–Crippen LogP) is 1.61. The molecule has 4 nitrogen and oxygen atoms in total. The largest absolute Gasteiger partial charge is 0.367 e. The zero-order chi connectivity index (χ0) is 11.2. The molecular formula is C11H11FN4. The van der Waals surface area contributed by atoms with Crippen molar-refractivity contribution in [2.24, 2.45) is 0 Å². The number of nitrogens with two attached hydrogens (primary N) is 1. The van der Waals surface area contributed by atoms with Gasteiger partial charge < -0.3 is 5.73 Å². The van der Waals surface area contributed by atoms with E-state index in [-0.39, 0.29) is 17.2 Å². The molecule has 2 aromatic rings. The van der Waals surface area contributed by atoms with Crippen LogP contribution < -0.4 is 5.73 Å². The molecule has 1 aromatic carbocycles. The number of nitrogen functional groups attached to an aromatic ring is 1. The molecule has 1 heterocycles. The van der Waals surface area contributed by atoms with Crippen LogP contribution in [0.15, 0.2) is 24.3 Å². The molecule has 0 amide bonds. The second kappa shape index (κ2) is 3.04. The Morgan fingerprint density at radius 3 is 2.44 bits per heavy atom. The Morgan fingerprint density at radius 2 is 1.94 bits per heavy atom. The van der Waals surface area contributed by atoms with Crippen molar-refractivity contribution in [3.05, 3.63) is 41.5 Å². The van der Waals surface area contributed by atoms with Gasteiger partial charge in [-0.15, -0.1) is 5.10 Å². The molecule has 1 aliphatic carbocycles. The molecular weight excluding hydrogens is 207 g/mol. The van der Waals surface area contributed by atoms with E-state index in [4.69, 9.17) is 5.73 Å². The van der Waals surface area contributed by atoms with Crippen LogP contribution in [-0.2, 0) is 5.41 Å². The fraction of sp³-hybridized carbons (Fsp3) is 0.273. The standard InChI is InChI=1S/C11H11FN4/c12-8-3-1-7(2-4-8)11(5-6-11)9-14-10(13)16-15-9/h1-4H,5-6H2,(H3,13,14,15,16). The Balaban J connectivity index is 2.03. The number of halogens is 1. The predicted molar refractivity (Wildman–Crippen MR) is 57.2 cm³/mol. The maximum atomic E-state index is 12.8. The number of aromatic nitrogens is 3. The molecule has 1 saturated carbocycles. The Labute approximate surface area is 91.7 Å². The average molecular weight is 218 g/mol. The van der Waals surface area contributed by atoms with Crippen molar-refractivity contribution in [3.63, 3.8) is 0 Å². The molecule has 82 valence electrons. The fourth-order valence-electron chi connectivity index (χ4n) is 2.04. The molecule has 1 aromatic heterocycles. The Morgan fingerprint density at radius 1 is 1.25 bits per heavy atom. The Kier molecular flexibility index (Phi) is 1.77. The zero-order valence-corrected chi connectivity index (χ0v) is 8.57. The van der Waals surface area contributed by atoms with E-state index in [1.807, 2.05) is 0 Å². The minimum Gasteiger partial charge on any atom is -0.367 e. The van der Waals surface area contributed by atoms with Gasteiger partial charge in [0.2, 0.25) is 5.95 Å². The summed E-state index contributed by atoms with van der Waals surface area (Å²) in [5.74, 6) is 0.802. The van der Waals surface area contributed by atoms with Crippen molar-refractivity contribution < 1.29 is 4.39 Å². The summed E-state index contributed by atoms with van der Waals surface area (Å²) >= 11 is 0. The van der Waals surface area contributed by atoms with Crippen LogP contribution in [0, 0.1) is 5.82 Å². The third-order valence-electron chi connectivity index (χ3n) is 3.10. The maximum Gasteiger partial charge on any atom is 0.239 e. The third-order valence-corrected chi connectivity index (χ3v) is 3.10. The van der Waals surface area contributed by atoms with Gasteiger partial charge in [-0.2, -0.15) is 4.98 Å². The summed E-state index contributed by atoms with van der Waals surface area (Å²) in [5.41, 5.74) is 6.43. The summed E-state index contributed by atoms with van der Waals surface area (Å²) in [6.07, 6.45) is 1.99. The highest BCUT2D eigenvalue weighted by Crippen LogP contribution is 2.52. The molecule has 16 heavy (non-hydrogen) atoms. The quantitative estimate of drug-likeness (QED) is 0.804. The van der Waals surface area contributed by atoms with Crippen molar-refractivity contribution >= 4 is 5.95 Å². The van der Waals surface area contributed by atoms with E-state index in [0.29, 0.717) is 0 Å². The monoisotopic (exact) mass is 218 g/mol. The second-order valence-electron chi connectivity index (χ2n) is 4.13. The molecule has 0 spiro atoms.